The highest BCUT2D eigenvalue weighted by Crippen LogP contribution is 2.25. The number of aliphatic imine (C=N–C) groups is 1. The molecule has 0 unspecified atom stereocenters. The van der Waals surface area contributed by atoms with E-state index in [1.54, 1.807) is 36.4 Å². The van der Waals surface area contributed by atoms with E-state index in [0.29, 0.717) is 22.8 Å². The Labute approximate surface area is 113 Å². The van der Waals surface area contributed by atoms with Crippen LogP contribution in [0, 0.1) is 0 Å². The van der Waals surface area contributed by atoms with Crippen molar-refractivity contribution in [3.8, 4) is 0 Å². The summed E-state index contributed by atoms with van der Waals surface area (Å²) in [6.45, 7) is 0. The van der Waals surface area contributed by atoms with Crippen molar-refractivity contribution in [2.45, 2.75) is 0 Å². The molecule has 1 aromatic carbocycles. The van der Waals surface area contributed by atoms with E-state index in [-0.39, 0.29) is 5.91 Å². The van der Waals surface area contributed by atoms with E-state index < -0.39 is 5.37 Å². The van der Waals surface area contributed by atoms with Gasteiger partial charge in [0.2, 0.25) is 0 Å². The average Bonchev–Trinajstić information content (AvgIpc) is 2.54. The van der Waals surface area contributed by atoms with E-state index in [2.05, 4.69) is 10.3 Å². The SMILES string of the molecule is O=C1NC2=CC=CN(C(=O)Cl)C2=Nc2ccccc21. The zero-order valence-corrected chi connectivity index (χ0v) is 10.4. The number of nitrogens with zero attached hydrogens (tertiary/aromatic N) is 2. The lowest BCUT2D eigenvalue weighted by atomic mass is 10.2. The maximum Gasteiger partial charge on any atom is 0.326 e. The highest BCUT2D eigenvalue weighted by Gasteiger charge is 2.27. The second kappa shape index (κ2) is 4.37. The number of hydrogen-bond donors (Lipinski definition) is 1. The summed E-state index contributed by atoms with van der Waals surface area (Å²) in [5.41, 5.74) is 1.39. The lowest BCUT2D eigenvalue weighted by Gasteiger charge is -2.21. The molecule has 1 N–H and O–H groups in total. The van der Waals surface area contributed by atoms with Crippen molar-refractivity contribution >= 4 is 34.4 Å². The molecule has 0 atom stereocenters. The van der Waals surface area contributed by atoms with Crippen LogP contribution < -0.4 is 5.32 Å². The van der Waals surface area contributed by atoms with Crippen molar-refractivity contribution in [2.75, 3.05) is 0 Å². The molecule has 2 aliphatic heterocycles. The molecular weight excluding hydrogens is 266 g/mol. The Hall–Kier alpha value is -2.40. The number of rotatable bonds is 0. The minimum atomic E-state index is -0.686. The fraction of sp³-hybridized carbons (Fsp3) is 0. The van der Waals surface area contributed by atoms with E-state index in [9.17, 15) is 9.59 Å². The number of amidine groups is 1. The smallest absolute Gasteiger partial charge is 0.319 e. The van der Waals surface area contributed by atoms with E-state index in [1.807, 2.05) is 0 Å². The van der Waals surface area contributed by atoms with Gasteiger partial charge in [-0.2, -0.15) is 0 Å². The molecule has 0 bridgehead atoms. The van der Waals surface area contributed by atoms with Gasteiger partial charge in [0.15, 0.2) is 5.84 Å². The summed E-state index contributed by atoms with van der Waals surface area (Å²) in [6.07, 6.45) is 4.78. The normalized spacial score (nSPS) is 16.7. The molecule has 0 saturated heterocycles. The minimum absolute atomic E-state index is 0.266. The summed E-state index contributed by atoms with van der Waals surface area (Å²) in [5.74, 6) is 0.0404. The first-order chi connectivity index (χ1) is 9.16. The standard InChI is InChI=1S/C13H8ClN3O2/c14-13(19)17-7-3-6-10-11(17)15-9-5-2-1-4-8(9)12(18)16-10/h1-7H,(H,16,18). The number of para-hydroxylation sites is 1. The van der Waals surface area contributed by atoms with Crippen LogP contribution in [0.15, 0.2) is 53.3 Å². The molecule has 0 saturated carbocycles. The van der Waals surface area contributed by atoms with E-state index in [0.717, 1.165) is 0 Å². The number of halogens is 1. The van der Waals surface area contributed by atoms with Gasteiger partial charge in [-0.15, -0.1) is 0 Å². The van der Waals surface area contributed by atoms with Crippen molar-refractivity contribution in [3.63, 3.8) is 0 Å². The van der Waals surface area contributed by atoms with Crippen LogP contribution in [0.3, 0.4) is 0 Å². The van der Waals surface area contributed by atoms with Gasteiger partial charge >= 0.3 is 5.37 Å². The molecule has 2 amide bonds. The van der Waals surface area contributed by atoms with Gasteiger partial charge in [-0.1, -0.05) is 12.1 Å². The average molecular weight is 274 g/mol. The van der Waals surface area contributed by atoms with Crippen molar-refractivity contribution in [2.24, 2.45) is 4.99 Å². The Kier molecular flexibility index (Phi) is 2.68. The summed E-state index contributed by atoms with van der Waals surface area (Å²) < 4.78 is 0. The maximum absolute atomic E-state index is 12.1. The number of allylic oxidation sites excluding steroid dienone is 2. The first kappa shape index (κ1) is 11.7. The minimum Gasteiger partial charge on any atom is -0.319 e. The zero-order chi connectivity index (χ0) is 13.4. The number of carbonyl (C=O) groups is 2. The van der Waals surface area contributed by atoms with Crippen LogP contribution in [0.4, 0.5) is 10.5 Å². The van der Waals surface area contributed by atoms with Gasteiger partial charge in [0.05, 0.1) is 16.9 Å². The van der Waals surface area contributed by atoms with Crippen molar-refractivity contribution in [1.29, 1.82) is 0 Å². The fourth-order valence-corrected chi connectivity index (χ4v) is 2.06. The molecule has 0 aromatic heterocycles. The van der Waals surface area contributed by atoms with Gasteiger partial charge in [-0.3, -0.25) is 14.5 Å². The molecule has 3 rings (SSSR count). The lowest BCUT2D eigenvalue weighted by Crippen LogP contribution is -2.37. The Morgan fingerprint density at radius 3 is 2.89 bits per heavy atom. The summed E-state index contributed by atoms with van der Waals surface area (Å²) >= 11 is 5.51. The van der Waals surface area contributed by atoms with Gasteiger partial charge < -0.3 is 5.32 Å². The van der Waals surface area contributed by atoms with Gasteiger partial charge in [0, 0.05) is 6.20 Å². The Bertz CT molecular complexity index is 676. The highest BCUT2D eigenvalue weighted by molar-refractivity contribution is 6.64. The van der Waals surface area contributed by atoms with Crippen molar-refractivity contribution < 1.29 is 9.59 Å². The second-order valence-corrected chi connectivity index (χ2v) is 4.27. The molecule has 0 fully saturated rings. The Morgan fingerprint density at radius 2 is 2.11 bits per heavy atom. The van der Waals surface area contributed by atoms with E-state index in [1.165, 1.54) is 11.1 Å². The third kappa shape index (κ3) is 1.94. The fourth-order valence-electron chi connectivity index (χ4n) is 1.92. The van der Waals surface area contributed by atoms with Crippen LogP contribution in [-0.4, -0.2) is 22.0 Å². The summed E-state index contributed by atoms with van der Waals surface area (Å²) in [7, 11) is 0. The Balaban J connectivity index is 2.18. The van der Waals surface area contributed by atoms with Crippen LogP contribution in [0.2, 0.25) is 0 Å². The predicted octanol–water partition coefficient (Wildman–Crippen LogP) is 2.53. The number of fused-ring (bicyclic) bond motifs is 2. The van der Waals surface area contributed by atoms with Gasteiger partial charge in [-0.25, -0.2) is 4.99 Å². The van der Waals surface area contributed by atoms with Crippen LogP contribution in [0.5, 0.6) is 0 Å². The van der Waals surface area contributed by atoms with Crippen molar-refractivity contribution in [3.05, 3.63) is 53.9 Å². The molecule has 0 aliphatic carbocycles. The summed E-state index contributed by atoms with van der Waals surface area (Å²) in [4.78, 5) is 29.0. The number of benzene rings is 1. The molecule has 2 aliphatic rings. The topological polar surface area (TPSA) is 61.8 Å². The molecule has 0 radical (unpaired) electrons. The molecule has 1 aromatic rings. The third-order valence-electron chi connectivity index (χ3n) is 2.78. The molecule has 2 heterocycles. The number of hydrogen-bond acceptors (Lipinski definition) is 3. The van der Waals surface area contributed by atoms with Crippen LogP contribution in [0.1, 0.15) is 10.4 Å². The number of nitrogens with one attached hydrogen (secondary N) is 1. The van der Waals surface area contributed by atoms with Gasteiger partial charge in [-0.05, 0) is 35.9 Å². The molecule has 0 spiro atoms. The van der Waals surface area contributed by atoms with Crippen LogP contribution >= 0.6 is 11.6 Å². The summed E-state index contributed by atoms with van der Waals surface area (Å²) in [5, 5.41) is 2.02. The molecular formula is C13H8ClN3O2. The van der Waals surface area contributed by atoms with Gasteiger partial charge in [0.25, 0.3) is 5.91 Å². The highest BCUT2D eigenvalue weighted by atomic mass is 35.5. The second-order valence-electron chi connectivity index (χ2n) is 3.95. The van der Waals surface area contributed by atoms with E-state index >= 15 is 0 Å². The summed E-state index contributed by atoms with van der Waals surface area (Å²) in [6, 6.07) is 6.91. The Morgan fingerprint density at radius 1 is 1.32 bits per heavy atom. The maximum atomic E-state index is 12.1. The lowest BCUT2D eigenvalue weighted by molar-refractivity contribution is 0.0969. The number of carbonyl (C=O) groups excluding carboxylic acids is 2. The quantitative estimate of drug-likeness (QED) is 0.583. The van der Waals surface area contributed by atoms with Crippen molar-refractivity contribution in [1.82, 2.24) is 10.2 Å². The third-order valence-corrected chi connectivity index (χ3v) is 2.96. The first-order valence-electron chi connectivity index (χ1n) is 5.53. The molecule has 19 heavy (non-hydrogen) atoms. The van der Waals surface area contributed by atoms with Gasteiger partial charge in [0.1, 0.15) is 0 Å². The zero-order valence-electron chi connectivity index (χ0n) is 9.63. The van der Waals surface area contributed by atoms with Crippen LogP contribution in [-0.2, 0) is 0 Å². The number of amides is 2. The largest absolute Gasteiger partial charge is 0.326 e. The first-order valence-corrected chi connectivity index (χ1v) is 5.91. The van der Waals surface area contributed by atoms with E-state index in [4.69, 9.17) is 11.6 Å². The predicted molar refractivity (Wildman–Crippen MR) is 71.3 cm³/mol. The van der Waals surface area contributed by atoms with Crippen LogP contribution in [0.25, 0.3) is 0 Å². The monoisotopic (exact) mass is 273 g/mol. The molecule has 94 valence electrons. The molecule has 6 heteroatoms. The molecule has 5 nitrogen and oxygen atoms in total.